The summed E-state index contributed by atoms with van der Waals surface area (Å²) in [6.45, 7) is 0. The highest BCUT2D eigenvalue weighted by Gasteiger charge is 2.16. The van der Waals surface area contributed by atoms with Gasteiger partial charge in [0.25, 0.3) is 0 Å². The van der Waals surface area contributed by atoms with Crippen molar-refractivity contribution in [2.24, 2.45) is 0 Å². The largest absolute Gasteiger partial charge is 0.478 e. The first kappa shape index (κ1) is 11.6. The van der Waals surface area contributed by atoms with Crippen molar-refractivity contribution in [3.8, 4) is 0 Å². The molecule has 0 aliphatic carbocycles. The maximum Gasteiger partial charge on any atom is 0.335 e. The Bertz CT molecular complexity index is 360. The van der Waals surface area contributed by atoms with E-state index in [0.29, 0.717) is 0 Å². The lowest BCUT2D eigenvalue weighted by Gasteiger charge is -2.14. The van der Waals surface area contributed by atoms with Gasteiger partial charge in [-0.1, -0.05) is 6.07 Å². The molecular formula is C10H11FO4. The van der Waals surface area contributed by atoms with Crippen molar-refractivity contribution in [2.75, 3.05) is 14.2 Å². The van der Waals surface area contributed by atoms with Crippen LogP contribution in [0.1, 0.15) is 22.2 Å². The highest BCUT2D eigenvalue weighted by molar-refractivity contribution is 5.87. The first-order valence-electron chi connectivity index (χ1n) is 4.18. The third-order valence-corrected chi connectivity index (χ3v) is 1.93. The standard InChI is InChI=1S/C10H11FO4/c1-14-10(15-2)7-4-3-6(9(12)13)5-8(7)11/h3-5,10H,1-2H3,(H,12,13). The summed E-state index contributed by atoms with van der Waals surface area (Å²) in [4.78, 5) is 10.5. The Balaban J connectivity index is 3.07. The molecule has 0 amide bonds. The first-order chi connectivity index (χ1) is 7.10. The molecule has 0 fully saturated rings. The van der Waals surface area contributed by atoms with Crippen LogP contribution in [0.2, 0.25) is 0 Å². The van der Waals surface area contributed by atoms with E-state index >= 15 is 0 Å². The second-order valence-electron chi connectivity index (χ2n) is 2.84. The molecule has 0 saturated heterocycles. The molecule has 0 bridgehead atoms. The molecule has 15 heavy (non-hydrogen) atoms. The Morgan fingerprint density at radius 2 is 2.00 bits per heavy atom. The van der Waals surface area contributed by atoms with E-state index in [0.717, 1.165) is 6.07 Å². The normalized spacial score (nSPS) is 10.7. The van der Waals surface area contributed by atoms with Crippen LogP contribution in [0.25, 0.3) is 0 Å². The Labute approximate surface area is 86.2 Å². The molecule has 0 aliphatic rings. The number of benzene rings is 1. The second-order valence-corrected chi connectivity index (χ2v) is 2.84. The number of hydrogen-bond donors (Lipinski definition) is 1. The fourth-order valence-electron chi connectivity index (χ4n) is 1.20. The number of halogens is 1. The number of aromatic carboxylic acids is 1. The SMILES string of the molecule is COC(OC)c1ccc(C(=O)O)cc1F. The van der Waals surface area contributed by atoms with Gasteiger partial charge in [0, 0.05) is 19.8 Å². The van der Waals surface area contributed by atoms with Crippen molar-refractivity contribution in [1.82, 2.24) is 0 Å². The minimum absolute atomic E-state index is 0.109. The second kappa shape index (κ2) is 4.86. The molecule has 0 unspecified atom stereocenters. The fraction of sp³-hybridized carbons (Fsp3) is 0.300. The summed E-state index contributed by atoms with van der Waals surface area (Å²) in [5.74, 6) is -1.84. The van der Waals surface area contributed by atoms with Crippen LogP contribution in [-0.2, 0) is 9.47 Å². The van der Waals surface area contributed by atoms with Gasteiger partial charge >= 0.3 is 5.97 Å². The molecule has 0 spiro atoms. The maximum atomic E-state index is 13.4. The van der Waals surface area contributed by atoms with Crippen LogP contribution in [0.4, 0.5) is 4.39 Å². The molecule has 1 rings (SSSR count). The van der Waals surface area contributed by atoms with Gasteiger partial charge in [0.2, 0.25) is 0 Å². The summed E-state index contributed by atoms with van der Waals surface area (Å²) in [6.07, 6.45) is -0.826. The van der Waals surface area contributed by atoms with Crippen molar-refractivity contribution in [2.45, 2.75) is 6.29 Å². The van der Waals surface area contributed by atoms with Gasteiger partial charge in [0.1, 0.15) is 5.82 Å². The van der Waals surface area contributed by atoms with E-state index in [2.05, 4.69) is 0 Å². The van der Waals surface area contributed by atoms with E-state index < -0.39 is 18.1 Å². The molecule has 1 N–H and O–H groups in total. The molecule has 0 radical (unpaired) electrons. The number of carboxylic acid groups (broad SMARTS) is 1. The minimum Gasteiger partial charge on any atom is -0.478 e. The molecule has 0 saturated carbocycles. The third kappa shape index (κ3) is 2.51. The van der Waals surface area contributed by atoms with E-state index in [1.807, 2.05) is 0 Å². The highest BCUT2D eigenvalue weighted by Crippen LogP contribution is 2.21. The van der Waals surface area contributed by atoms with Crippen LogP contribution in [0.15, 0.2) is 18.2 Å². The molecule has 1 aromatic rings. The summed E-state index contributed by atoms with van der Waals surface area (Å²) < 4.78 is 23.1. The lowest BCUT2D eigenvalue weighted by Crippen LogP contribution is -2.07. The Morgan fingerprint density at radius 1 is 1.40 bits per heavy atom. The predicted octanol–water partition coefficient (Wildman–Crippen LogP) is 1.82. The first-order valence-corrected chi connectivity index (χ1v) is 4.18. The molecule has 4 nitrogen and oxygen atoms in total. The summed E-state index contributed by atoms with van der Waals surface area (Å²) in [5, 5.41) is 8.62. The molecule has 0 aliphatic heterocycles. The summed E-state index contributed by atoms with van der Waals surface area (Å²) in [7, 11) is 2.75. The van der Waals surface area contributed by atoms with Gasteiger partial charge in [-0.2, -0.15) is 0 Å². The van der Waals surface area contributed by atoms with Crippen molar-refractivity contribution in [3.05, 3.63) is 35.1 Å². The van der Waals surface area contributed by atoms with E-state index in [4.69, 9.17) is 14.6 Å². The van der Waals surface area contributed by atoms with Crippen LogP contribution < -0.4 is 0 Å². The van der Waals surface area contributed by atoms with Crippen LogP contribution in [0.5, 0.6) is 0 Å². The van der Waals surface area contributed by atoms with Gasteiger partial charge in [-0.25, -0.2) is 9.18 Å². The highest BCUT2D eigenvalue weighted by atomic mass is 19.1. The van der Waals surface area contributed by atoms with Gasteiger partial charge in [-0.05, 0) is 12.1 Å². The molecule has 0 heterocycles. The monoisotopic (exact) mass is 214 g/mol. The number of carbonyl (C=O) groups is 1. The quantitative estimate of drug-likeness (QED) is 0.776. The van der Waals surface area contributed by atoms with E-state index in [-0.39, 0.29) is 11.1 Å². The van der Waals surface area contributed by atoms with Crippen molar-refractivity contribution < 1.29 is 23.8 Å². The Kier molecular flexibility index (Phi) is 3.76. The van der Waals surface area contributed by atoms with E-state index in [9.17, 15) is 9.18 Å². The molecular weight excluding hydrogens is 203 g/mol. The smallest absolute Gasteiger partial charge is 0.335 e. The molecule has 0 aromatic heterocycles. The average molecular weight is 214 g/mol. The topological polar surface area (TPSA) is 55.8 Å². The van der Waals surface area contributed by atoms with Gasteiger partial charge in [-0.3, -0.25) is 0 Å². The molecule has 1 aromatic carbocycles. The van der Waals surface area contributed by atoms with Crippen molar-refractivity contribution >= 4 is 5.97 Å². The lowest BCUT2D eigenvalue weighted by atomic mass is 10.1. The number of methoxy groups -OCH3 is 2. The lowest BCUT2D eigenvalue weighted by molar-refractivity contribution is -0.107. The number of ether oxygens (including phenoxy) is 2. The number of hydrogen-bond acceptors (Lipinski definition) is 3. The van der Waals surface area contributed by atoms with Gasteiger partial charge < -0.3 is 14.6 Å². The summed E-state index contributed by atoms with van der Waals surface area (Å²) in [5.41, 5.74) is 0.0622. The van der Waals surface area contributed by atoms with Crippen LogP contribution in [0, 0.1) is 5.82 Å². The van der Waals surface area contributed by atoms with Gasteiger partial charge in [-0.15, -0.1) is 0 Å². The predicted molar refractivity (Wildman–Crippen MR) is 50.1 cm³/mol. The minimum atomic E-state index is -1.17. The number of rotatable bonds is 4. The third-order valence-electron chi connectivity index (χ3n) is 1.93. The molecule has 5 heteroatoms. The van der Waals surface area contributed by atoms with Crippen LogP contribution in [0.3, 0.4) is 0 Å². The van der Waals surface area contributed by atoms with Crippen LogP contribution in [-0.4, -0.2) is 25.3 Å². The number of carboxylic acids is 1. The Hall–Kier alpha value is -1.46. The van der Waals surface area contributed by atoms with Crippen LogP contribution >= 0.6 is 0 Å². The van der Waals surface area contributed by atoms with E-state index in [1.165, 1.54) is 26.4 Å². The van der Waals surface area contributed by atoms with Crippen molar-refractivity contribution in [1.29, 1.82) is 0 Å². The maximum absolute atomic E-state index is 13.4. The van der Waals surface area contributed by atoms with Gasteiger partial charge in [0.05, 0.1) is 5.56 Å². The summed E-state index contributed by atoms with van der Waals surface area (Å²) >= 11 is 0. The zero-order valence-corrected chi connectivity index (χ0v) is 8.36. The molecule has 0 atom stereocenters. The van der Waals surface area contributed by atoms with Crippen molar-refractivity contribution in [3.63, 3.8) is 0 Å². The zero-order valence-electron chi connectivity index (χ0n) is 8.36. The van der Waals surface area contributed by atoms with Gasteiger partial charge in [0.15, 0.2) is 6.29 Å². The van der Waals surface area contributed by atoms with E-state index in [1.54, 1.807) is 0 Å². The zero-order chi connectivity index (χ0) is 11.4. The average Bonchev–Trinajstić information content (AvgIpc) is 2.21. The Morgan fingerprint density at radius 3 is 2.40 bits per heavy atom. The fourth-order valence-corrected chi connectivity index (χ4v) is 1.20. The summed E-state index contributed by atoms with van der Waals surface area (Å²) in [6, 6.07) is 3.56. The molecule has 82 valence electrons.